The molecule has 7 heteroatoms. The Bertz CT molecular complexity index is 1070. The minimum absolute atomic E-state index is 0.0691. The van der Waals surface area contributed by atoms with Gasteiger partial charge in [0.1, 0.15) is 0 Å². The van der Waals surface area contributed by atoms with Gasteiger partial charge in [-0.15, -0.1) is 0 Å². The van der Waals surface area contributed by atoms with E-state index in [-0.39, 0.29) is 40.1 Å². The molecule has 2 amide bonds. The molecule has 2 bridgehead atoms. The van der Waals surface area contributed by atoms with Gasteiger partial charge in [-0.3, -0.25) is 9.59 Å². The van der Waals surface area contributed by atoms with Gasteiger partial charge in [-0.2, -0.15) is 4.31 Å². The summed E-state index contributed by atoms with van der Waals surface area (Å²) in [5.41, 5.74) is -0.481. The maximum absolute atomic E-state index is 14.0. The van der Waals surface area contributed by atoms with Crippen LogP contribution in [0.4, 0.5) is 5.69 Å². The van der Waals surface area contributed by atoms with E-state index in [2.05, 4.69) is 0 Å². The van der Waals surface area contributed by atoms with E-state index in [0.717, 1.165) is 57.8 Å². The fraction of sp³-hybridized carbons (Fsp3) is 0.714. The maximum Gasteiger partial charge on any atom is 0.243 e. The lowest BCUT2D eigenvalue weighted by atomic mass is 9.62. The van der Waals surface area contributed by atoms with Crippen molar-refractivity contribution in [1.82, 2.24) is 4.31 Å². The molecule has 3 saturated carbocycles. The summed E-state index contributed by atoms with van der Waals surface area (Å²) in [6, 6.07) is 6.66. The number of hydrogen-bond acceptors (Lipinski definition) is 4. The van der Waals surface area contributed by atoms with E-state index in [1.807, 2.05) is 25.1 Å². The predicted octanol–water partition coefficient (Wildman–Crippen LogP) is 5.66. The Morgan fingerprint density at radius 2 is 1.31 bits per heavy atom. The van der Waals surface area contributed by atoms with Crippen LogP contribution in [0.1, 0.15) is 97.8 Å². The summed E-state index contributed by atoms with van der Waals surface area (Å²) < 4.78 is 29.8. The zero-order valence-corrected chi connectivity index (χ0v) is 22.3. The van der Waals surface area contributed by atoms with Crippen molar-refractivity contribution in [3.05, 3.63) is 24.3 Å². The van der Waals surface area contributed by atoms with E-state index in [9.17, 15) is 18.0 Å². The van der Waals surface area contributed by atoms with E-state index < -0.39 is 15.4 Å². The lowest BCUT2D eigenvalue weighted by Gasteiger charge is -2.47. The molecule has 0 N–H and O–H groups in total. The van der Waals surface area contributed by atoms with Crippen molar-refractivity contribution in [3.63, 3.8) is 0 Å². The van der Waals surface area contributed by atoms with E-state index in [4.69, 9.17) is 0 Å². The summed E-state index contributed by atoms with van der Waals surface area (Å²) in [6.45, 7) is 6.02. The van der Waals surface area contributed by atoms with Gasteiger partial charge in [0.25, 0.3) is 0 Å². The molecule has 3 aliphatic carbocycles. The minimum atomic E-state index is -3.67. The molecule has 0 unspecified atom stereocenters. The summed E-state index contributed by atoms with van der Waals surface area (Å²) in [5, 5.41) is 0. The number of carbonyl (C=O) groups excluding carboxylic acids is 2. The van der Waals surface area contributed by atoms with Crippen LogP contribution in [0.15, 0.2) is 29.2 Å². The first-order valence-corrected chi connectivity index (χ1v) is 15.0. The summed E-state index contributed by atoms with van der Waals surface area (Å²) in [7, 11) is -3.67. The summed E-state index contributed by atoms with van der Waals surface area (Å²) in [4.78, 5) is 28.4. The maximum atomic E-state index is 14.0. The van der Waals surface area contributed by atoms with E-state index in [1.54, 1.807) is 24.3 Å². The molecule has 0 aromatic heterocycles. The molecule has 35 heavy (non-hydrogen) atoms. The van der Waals surface area contributed by atoms with Crippen molar-refractivity contribution in [2.75, 3.05) is 4.90 Å². The van der Waals surface area contributed by atoms with Gasteiger partial charge in [-0.05, 0) is 68.2 Å². The van der Waals surface area contributed by atoms with Gasteiger partial charge in [0.2, 0.25) is 21.8 Å². The molecule has 5 rings (SSSR count). The number of sulfonamides is 1. The van der Waals surface area contributed by atoms with Crippen LogP contribution in [0.2, 0.25) is 0 Å². The van der Waals surface area contributed by atoms with E-state index in [1.165, 1.54) is 17.7 Å². The van der Waals surface area contributed by atoms with Gasteiger partial charge in [0.15, 0.2) is 0 Å². The van der Waals surface area contributed by atoms with Crippen molar-refractivity contribution in [2.45, 2.75) is 115 Å². The largest absolute Gasteiger partial charge is 0.274 e. The van der Waals surface area contributed by atoms with Gasteiger partial charge in [-0.25, -0.2) is 13.3 Å². The number of rotatable bonds is 5. The Morgan fingerprint density at radius 3 is 1.83 bits per heavy atom. The average Bonchev–Trinajstić information content (AvgIpc) is 3.03. The molecule has 1 aliphatic heterocycles. The monoisotopic (exact) mass is 500 g/mol. The first-order chi connectivity index (χ1) is 16.6. The Kier molecular flexibility index (Phi) is 6.40. The molecule has 192 valence electrons. The molecule has 2 atom stereocenters. The van der Waals surface area contributed by atoms with Crippen LogP contribution in [0.3, 0.4) is 0 Å². The number of anilines is 1. The Labute approximate surface area is 210 Å². The van der Waals surface area contributed by atoms with Gasteiger partial charge in [0.05, 0.1) is 16.0 Å². The number of fused-ring (bicyclic) bond motifs is 2. The van der Waals surface area contributed by atoms with Crippen LogP contribution < -0.4 is 4.90 Å². The third-order valence-corrected chi connectivity index (χ3v) is 12.0. The second kappa shape index (κ2) is 8.98. The number of nitrogens with zero attached hydrogens (tertiary/aromatic N) is 2. The molecule has 4 aliphatic rings. The SMILES string of the molecule is CC1(C)[C@H]2CC[C@]1(C)C(=O)N(c1ccc(S(=O)(=O)N(C3CCCCC3)C3CCCCC3)cc1)C2=O. The zero-order chi connectivity index (χ0) is 25.0. The normalized spacial score (nSPS) is 30.3. The van der Waals surface area contributed by atoms with Crippen molar-refractivity contribution >= 4 is 27.5 Å². The van der Waals surface area contributed by atoms with Gasteiger partial charge < -0.3 is 0 Å². The number of imide groups is 1. The van der Waals surface area contributed by atoms with Crippen molar-refractivity contribution < 1.29 is 18.0 Å². The van der Waals surface area contributed by atoms with Gasteiger partial charge in [-0.1, -0.05) is 59.3 Å². The fourth-order valence-corrected chi connectivity index (χ4v) is 9.24. The molecular formula is C28H40N2O4S. The second-order valence-corrected chi connectivity index (χ2v) is 13.9. The number of amides is 2. The standard InChI is InChI=1S/C28H40N2O4S/c1-27(2)24-18-19-28(27,3)26(32)29(25(24)31)20-14-16-23(17-15-20)35(33,34)30(21-10-6-4-7-11-21)22-12-8-5-9-13-22/h14-17,21-22,24H,4-13,18-19H2,1-3H3/t24-,28+/m0/s1. The molecule has 0 radical (unpaired) electrons. The lowest BCUT2D eigenvalue weighted by Crippen LogP contribution is -2.59. The fourth-order valence-electron chi connectivity index (χ4n) is 7.31. The van der Waals surface area contributed by atoms with E-state index >= 15 is 0 Å². The van der Waals surface area contributed by atoms with Crippen molar-refractivity contribution in [1.29, 1.82) is 0 Å². The Balaban J connectivity index is 1.45. The highest BCUT2D eigenvalue weighted by molar-refractivity contribution is 7.89. The highest BCUT2D eigenvalue weighted by Crippen LogP contribution is 2.60. The Hall–Kier alpha value is -1.73. The van der Waals surface area contributed by atoms with Crippen LogP contribution in [-0.2, 0) is 19.6 Å². The summed E-state index contributed by atoms with van der Waals surface area (Å²) in [6.07, 6.45) is 11.8. The highest BCUT2D eigenvalue weighted by Gasteiger charge is 2.64. The minimum Gasteiger partial charge on any atom is -0.274 e. The molecule has 1 aromatic carbocycles. The topological polar surface area (TPSA) is 74.8 Å². The second-order valence-electron chi connectivity index (χ2n) is 12.0. The number of benzene rings is 1. The first-order valence-electron chi connectivity index (χ1n) is 13.6. The number of hydrogen-bond donors (Lipinski definition) is 0. The molecule has 1 heterocycles. The highest BCUT2D eigenvalue weighted by atomic mass is 32.2. The molecule has 0 spiro atoms. The average molecular weight is 501 g/mol. The van der Waals surface area contributed by atoms with Gasteiger partial charge in [0, 0.05) is 18.0 Å². The number of piperidine rings is 1. The Morgan fingerprint density at radius 1 is 0.800 bits per heavy atom. The van der Waals surface area contributed by atoms with Crippen molar-refractivity contribution in [3.8, 4) is 0 Å². The van der Waals surface area contributed by atoms with E-state index in [0.29, 0.717) is 12.1 Å². The molecule has 1 aromatic rings. The zero-order valence-electron chi connectivity index (χ0n) is 21.5. The molecular weight excluding hydrogens is 460 g/mol. The van der Waals surface area contributed by atoms with Crippen LogP contribution >= 0.6 is 0 Å². The summed E-state index contributed by atoms with van der Waals surface area (Å²) >= 11 is 0. The van der Waals surface area contributed by atoms with Crippen LogP contribution in [0.25, 0.3) is 0 Å². The third kappa shape index (κ3) is 3.88. The molecule has 4 fully saturated rings. The van der Waals surface area contributed by atoms with Gasteiger partial charge >= 0.3 is 0 Å². The molecule has 1 saturated heterocycles. The lowest BCUT2D eigenvalue weighted by molar-refractivity contribution is -0.146. The predicted molar refractivity (Wildman–Crippen MR) is 136 cm³/mol. The number of carbonyl (C=O) groups is 2. The quantitative estimate of drug-likeness (QED) is 0.489. The van der Waals surface area contributed by atoms with Crippen LogP contribution in [0, 0.1) is 16.7 Å². The first kappa shape index (κ1) is 24.9. The summed E-state index contributed by atoms with van der Waals surface area (Å²) in [5.74, 6) is -0.513. The van der Waals surface area contributed by atoms with Crippen molar-refractivity contribution in [2.24, 2.45) is 16.7 Å². The van der Waals surface area contributed by atoms with Crippen LogP contribution in [-0.4, -0.2) is 36.6 Å². The molecule has 6 nitrogen and oxygen atoms in total. The smallest absolute Gasteiger partial charge is 0.243 e. The third-order valence-electron chi connectivity index (χ3n) is 9.96. The van der Waals surface area contributed by atoms with Crippen LogP contribution in [0.5, 0.6) is 0 Å².